The number of anilines is 1. The number of carbonyl (C=O) groups excluding carboxylic acids is 2. The zero-order chi connectivity index (χ0) is 18.5. The van der Waals surface area contributed by atoms with Crippen molar-refractivity contribution in [3.05, 3.63) is 29.8 Å². The lowest BCUT2D eigenvalue weighted by Gasteiger charge is -2.30. The minimum atomic E-state index is -0.333. The second kappa shape index (κ2) is 8.62. The molecule has 2 amide bonds. The number of carbonyl (C=O) groups is 2. The normalized spacial score (nSPS) is 25.0. The summed E-state index contributed by atoms with van der Waals surface area (Å²) in [6, 6.07) is 7.58. The smallest absolute Gasteiger partial charge is 0.244 e. The van der Waals surface area contributed by atoms with Crippen molar-refractivity contribution < 1.29 is 14.3 Å². The summed E-state index contributed by atoms with van der Waals surface area (Å²) < 4.78 is 5.54. The fourth-order valence-electron chi connectivity index (χ4n) is 3.63. The highest BCUT2D eigenvalue weighted by Gasteiger charge is 2.28. The van der Waals surface area contributed by atoms with Crippen LogP contribution in [0.5, 0.6) is 0 Å². The van der Waals surface area contributed by atoms with E-state index in [0.29, 0.717) is 13.2 Å². The van der Waals surface area contributed by atoms with Crippen LogP contribution in [-0.2, 0) is 20.9 Å². The molecule has 2 atom stereocenters. The Morgan fingerprint density at radius 2 is 2.12 bits per heavy atom. The third kappa shape index (κ3) is 4.81. The minimum Gasteiger partial charge on any atom is -0.375 e. The summed E-state index contributed by atoms with van der Waals surface area (Å²) in [6.45, 7) is 5.76. The summed E-state index contributed by atoms with van der Waals surface area (Å²) in [7, 11) is 0. The average Bonchev–Trinajstić information content (AvgIpc) is 2.63. The number of morpholine rings is 1. The van der Waals surface area contributed by atoms with E-state index in [4.69, 9.17) is 10.5 Å². The molecule has 2 aliphatic heterocycles. The van der Waals surface area contributed by atoms with Crippen LogP contribution in [0, 0.1) is 5.92 Å². The first kappa shape index (κ1) is 18.8. The molecule has 4 N–H and O–H groups in total. The van der Waals surface area contributed by atoms with Crippen molar-refractivity contribution >= 4 is 17.5 Å². The van der Waals surface area contributed by atoms with E-state index in [1.807, 2.05) is 25.1 Å². The van der Waals surface area contributed by atoms with Gasteiger partial charge in [-0.2, -0.15) is 0 Å². The molecular formula is C19H28N4O3. The highest BCUT2D eigenvalue weighted by atomic mass is 16.5. The molecule has 0 bridgehead atoms. The lowest BCUT2D eigenvalue weighted by atomic mass is 9.96. The van der Waals surface area contributed by atoms with Crippen molar-refractivity contribution in [1.29, 1.82) is 0 Å². The first-order valence-electron chi connectivity index (χ1n) is 9.29. The molecular weight excluding hydrogens is 332 g/mol. The van der Waals surface area contributed by atoms with Crippen LogP contribution in [-0.4, -0.2) is 55.1 Å². The van der Waals surface area contributed by atoms with Gasteiger partial charge in [0, 0.05) is 24.7 Å². The van der Waals surface area contributed by atoms with Crippen molar-refractivity contribution in [3.8, 4) is 0 Å². The number of piperidine rings is 1. The van der Waals surface area contributed by atoms with Crippen molar-refractivity contribution in [2.75, 3.05) is 31.6 Å². The molecule has 2 heterocycles. The molecule has 0 spiro atoms. The molecule has 0 unspecified atom stereocenters. The Balaban J connectivity index is 1.55. The van der Waals surface area contributed by atoms with Crippen LogP contribution in [0.2, 0.25) is 0 Å². The summed E-state index contributed by atoms with van der Waals surface area (Å²) in [4.78, 5) is 26.1. The lowest BCUT2D eigenvalue weighted by molar-refractivity contribution is -0.124. The molecule has 2 saturated heterocycles. The third-order valence-corrected chi connectivity index (χ3v) is 5.19. The number of amides is 2. The molecule has 26 heavy (non-hydrogen) atoms. The predicted octanol–water partition coefficient (Wildman–Crippen LogP) is 0.699. The number of hydrogen-bond donors (Lipinski definition) is 3. The Hall–Kier alpha value is -1.96. The average molecular weight is 360 g/mol. The quantitative estimate of drug-likeness (QED) is 0.718. The van der Waals surface area contributed by atoms with E-state index in [9.17, 15) is 9.59 Å². The van der Waals surface area contributed by atoms with Gasteiger partial charge in [-0.1, -0.05) is 12.1 Å². The molecule has 2 fully saturated rings. The highest BCUT2D eigenvalue weighted by Crippen LogP contribution is 2.20. The maximum absolute atomic E-state index is 12.5. The van der Waals surface area contributed by atoms with E-state index >= 15 is 0 Å². The second-order valence-corrected chi connectivity index (χ2v) is 7.15. The highest BCUT2D eigenvalue weighted by molar-refractivity contribution is 5.95. The zero-order valence-electron chi connectivity index (χ0n) is 15.2. The molecule has 3 rings (SSSR count). The van der Waals surface area contributed by atoms with Crippen LogP contribution in [0.25, 0.3) is 0 Å². The van der Waals surface area contributed by atoms with Gasteiger partial charge in [-0.3, -0.25) is 14.5 Å². The summed E-state index contributed by atoms with van der Waals surface area (Å²) in [5, 5.41) is 6.18. The Morgan fingerprint density at radius 1 is 1.35 bits per heavy atom. The van der Waals surface area contributed by atoms with Crippen molar-refractivity contribution in [2.24, 2.45) is 11.7 Å². The number of nitrogens with zero attached hydrogens (tertiary/aromatic N) is 1. The molecule has 1 aromatic rings. The van der Waals surface area contributed by atoms with Crippen molar-refractivity contribution in [2.45, 2.75) is 38.5 Å². The van der Waals surface area contributed by atoms with Gasteiger partial charge in [0.25, 0.3) is 0 Å². The van der Waals surface area contributed by atoms with Gasteiger partial charge < -0.3 is 21.1 Å². The van der Waals surface area contributed by atoms with Crippen molar-refractivity contribution in [1.82, 2.24) is 10.2 Å². The Bertz CT molecular complexity index is 643. The van der Waals surface area contributed by atoms with Gasteiger partial charge in [-0.25, -0.2) is 0 Å². The lowest BCUT2D eigenvalue weighted by Crippen LogP contribution is -2.53. The molecule has 142 valence electrons. The predicted molar refractivity (Wildman–Crippen MR) is 99.5 cm³/mol. The van der Waals surface area contributed by atoms with Crippen molar-refractivity contribution in [3.63, 3.8) is 0 Å². The fourth-order valence-corrected chi connectivity index (χ4v) is 3.63. The number of primary amides is 1. The molecule has 0 aliphatic carbocycles. The minimum absolute atomic E-state index is 0.00377. The van der Waals surface area contributed by atoms with Gasteiger partial charge in [-0.05, 0) is 50.6 Å². The zero-order valence-corrected chi connectivity index (χ0v) is 15.2. The molecule has 7 heteroatoms. The topological polar surface area (TPSA) is 96.7 Å². The summed E-state index contributed by atoms with van der Waals surface area (Å²) in [5.74, 6) is -0.260. The van der Waals surface area contributed by atoms with Gasteiger partial charge in [0.1, 0.15) is 6.04 Å². The second-order valence-electron chi connectivity index (χ2n) is 7.15. The molecule has 0 aromatic heterocycles. The van der Waals surface area contributed by atoms with E-state index in [1.54, 1.807) is 0 Å². The Labute approximate surface area is 154 Å². The standard InChI is InChI=1S/C19H28N4O3/c1-13-17(21-7-10-26-13)19(25)22-16-4-2-3-14(11-16)12-23-8-5-15(6-9-23)18(20)24/h2-4,11,13,15,17,21H,5-10,12H2,1H3,(H2,20,24)(H,22,25)/t13-,17+/m1/s1. The van der Waals surface area contributed by atoms with Gasteiger partial charge in [0.2, 0.25) is 11.8 Å². The molecule has 7 nitrogen and oxygen atoms in total. The number of nitrogens with one attached hydrogen (secondary N) is 2. The van der Waals surface area contributed by atoms with Gasteiger partial charge in [0.05, 0.1) is 12.7 Å². The van der Waals surface area contributed by atoms with Gasteiger partial charge in [0.15, 0.2) is 0 Å². The van der Waals surface area contributed by atoms with E-state index in [1.165, 1.54) is 0 Å². The third-order valence-electron chi connectivity index (χ3n) is 5.19. The largest absolute Gasteiger partial charge is 0.375 e. The monoisotopic (exact) mass is 360 g/mol. The Kier molecular flexibility index (Phi) is 6.24. The van der Waals surface area contributed by atoms with Crippen LogP contribution in [0.4, 0.5) is 5.69 Å². The number of likely N-dealkylation sites (tertiary alicyclic amines) is 1. The molecule has 0 radical (unpaired) electrons. The number of benzene rings is 1. The number of nitrogens with two attached hydrogens (primary N) is 1. The number of rotatable bonds is 5. The maximum atomic E-state index is 12.5. The van der Waals surface area contributed by atoms with Gasteiger partial charge in [-0.15, -0.1) is 0 Å². The number of ether oxygens (including phenoxy) is 1. The maximum Gasteiger partial charge on any atom is 0.244 e. The van der Waals surface area contributed by atoms with Gasteiger partial charge >= 0.3 is 0 Å². The summed E-state index contributed by atoms with van der Waals surface area (Å²) in [5.41, 5.74) is 7.32. The van der Waals surface area contributed by atoms with E-state index in [0.717, 1.165) is 43.7 Å². The Morgan fingerprint density at radius 3 is 2.81 bits per heavy atom. The first-order chi connectivity index (χ1) is 12.5. The molecule has 1 aromatic carbocycles. The first-order valence-corrected chi connectivity index (χ1v) is 9.29. The van der Waals surface area contributed by atoms with E-state index in [-0.39, 0.29) is 29.9 Å². The fraction of sp³-hybridized carbons (Fsp3) is 0.579. The van der Waals surface area contributed by atoms with Crippen LogP contribution in [0.3, 0.4) is 0 Å². The van der Waals surface area contributed by atoms with E-state index in [2.05, 4.69) is 21.6 Å². The van der Waals surface area contributed by atoms with E-state index < -0.39 is 0 Å². The van der Waals surface area contributed by atoms with Crippen LogP contribution < -0.4 is 16.4 Å². The summed E-state index contributed by atoms with van der Waals surface area (Å²) >= 11 is 0. The van der Waals surface area contributed by atoms with Crippen LogP contribution in [0.1, 0.15) is 25.3 Å². The SMILES string of the molecule is C[C@H]1OCCN[C@@H]1C(=O)Nc1cccc(CN2CCC(C(N)=O)CC2)c1. The number of hydrogen-bond acceptors (Lipinski definition) is 5. The van der Waals surface area contributed by atoms with Crippen LogP contribution >= 0.6 is 0 Å². The summed E-state index contributed by atoms with van der Waals surface area (Å²) in [6.07, 6.45) is 1.49. The molecule has 0 saturated carbocycles. The van der Waals surface area contributed by atoms with Crippen LogP contribution in [0.15, 0.2) is 24.3 Å². The molecule has 2 aliphatic rings.